The third-order valence-electron chi connectivity index (χ3n) is 4.41. The van der Waals surface area contributed by atoms with Crippen LogP contribution in [0.2, 0.25) is 0 Å². The van der Waals surface area contributed by atoms with Crippen LogP contribution in [0.3, 0.4) is 0 Å². The van der Waals surface area contributed by atoms with Crippen molar-refractivity contribution in [1.29, 1.82) is 0 Å². The molecule has 27 heavy (non-hydrogen) atoms. The molecule has 1 aliphatic rings. The van der Waals surface area contributed by atoms with Crippen molar-refractivity contribution in [3.8, 4) is 0 Å². The van der Waals surface area contributed by atoms with E-state index in [1.165, 1.54) is 23.5 Å². The Morgan fingerprint density at radius 3 is 2.22 bits per heavy atom. The molecule has 2 amide bonds. The molecule has 1 heterocycles. The van der Waals surface area contributed by atoms with Crippen molar-refractivity contribution in [3.63, 3.8) is 0 Å². The first-order valence-corrected chi connectivity index (χ1v) is 10.1. The summed E-state index contributed by atoms with van der Waals surface area (Å²) in [6.07, 6.45) is 1.70. The molecule has 8 heteroatoms. The van der Waals surface area contributed by atoms with Gasteiger partial charge in [0.05, 0.1) is 4.90 Å². The highest BCUT2D eigenvalue weighted by molar-refractivity contribution is 7.89. The van der Waals surface area contributed by atoms with E-state index in [1.807, 2.05) is 0 Å². The summed E-state index contributed by atoms with van der Waals surface area (Å²) in [6, 6.07) is 12.5. The van der Waals surface area contributed by atoms with Gasteiger partial charge in [-0.2, -0.15) is 4.31 Å². The van der Waals surface area contributed by atoms with Gasteiger partial charge in [-0.05, 0) is 49.2 Å². The van der Waals surface area contributed by atoms with E-state index in [2.05, 4.69) is 10.6 Å². The molecule has 7 nitrogen and oxygen atoms in total. The highest BCUT2D eigenvalue weighted by Gasteiger charge is 2.27. The van der Waals surface area contributed by atoms with Crippen LogP contribution < -0.4 is 10.6 Å². The second-order valence-corrected chi connectivity index (χ2v) is 8.19. The standard InChI is InChI=1S/C19H21N3O4S/c1-20-18(23)14-6-4-8-16(12-14)21-19(24)15-7-5-9-17(13-15)27(25,26)22-10-2-3-11-22/h4-9,12-13H,2-3,10-11H2,1H3,(H,20,23)(H,21,24). The summed E-state index contributed by atoms with van der Waals surface area (Å²) in [7, 11) is -2.06. The molecule has 0 radical (unpaired) electrons. The quantitative estimate of drug-likeness (QED) is 0.821. The van der Waals surface area contributed by atoms with Gasteiger partial charge in [0.25, 0.3) is 11.8 Å². The zero-order chi connectivity index (χ0) is 19.4. The van der Waals surface area contributed by atoms with Gasteiger partial charge in [0.15, 0.2) is 0 Å². The number of sulfonamides is 1. The topological polar surface area (TPSA) is 95.6 Å². The van der Waals surface area contributed by atoms with Gasteiger partial charge in [-0.1, -0.05) is 12.1 Å². The number of hydrogen-bond donors (Lipinski definition) is 2. The summed E-state index contributed by atoms with van der Waals surface area (Å²) in [6.45, 7) is 1.01. The second-order valence-electron chi connectivity index (χ2n) is 6.25. The zero-order valence-corrected chi connectivity index (χ0v) is 15.8. The maximum Gasteiger partial charge on any atom is 0.255 e. The van der Waals surface area contributed by atoms with Crippen molar-refractivity contribution in [2.45, 2.75) is 17.7 Å². The molecule has 0 spiro atoms. The summed E-state index contributed by atoms with van der Waals surface area (Å²) in [4.78, 5) is 24.4. The lowest BCUT2D eigenvalue weighted by Gasteiger charge is -2.16. The second kappa shape index (κ2) is 7.89. The molecule has 1 aliphatic heterocycles. The zero-order valence-electron chi connectivity index (χ0n) is 14.9. The smallest absolute Gasteiger partial charge is 0.255 e. The van der Waals surface area contributed by atoms with Gasteiger partial charge >= 0.3 is 0 Å². The third kappa shape index (κ3) is 4.17. The van der Waals surface area contributed by atoms with Crippen LogP contribution >= 0.6 is 0 Å². The van der Waals surface area contributed by atoms with Crippen LogP contribution in [0, 0.1) is 0 Å². The van der Waals surface area contributed by atoms with Gasteiger partial charge in [0, 0.05) is 37.0 Å². The fourth-order valence-electron chi connectivity index (χ4n) is 2.96. The summed E-state index contributed by atoms with van der Waals surface area (Å²) >= 11 is 0. The van der Waals surface area contributed by atoms with Gasteiger partial charge in [-0.25, -0.2) is 8.42 Å². The summed E-state index contributed by atoms with van der Waals surface area (Å²) in [5.74, 6) is -0.702. The number of rotatable bonds is 5. The van der Waals surface area contributed by atoms with Crippen molar-refractivity contribution in [3.05, 3.63) is 59.7 Å². The van der Waals surface area contributed by atoms with E-state index in [1.54, 1.807) is 36.4 Å². The molecular weight excluding hydrogens is 366 g/mol. The van der Waals surface area contributed by atoms with Crippen LogP contribution in [-0.2, 0) is 10.0 Å². The van der Waals surface area contributed by atoms with E-state index in [0.717, 1.165) is 12.8 Å². The van der Waals surface area contributed by atoms with Gasteiger partial charge in [0.2, 0.25) is 10.0 Å². The van der Waals surface area contributed by atoms with E-state index in [9.17, 15) is 18.0 Å². The monoisotopic (exact) mass is 387 g/mol. The van der Waals surface area contributed by atoms with E-state index >= 15 is 0 Å². The number of hydrogen-bond acceptors (Lipinski definition) is 4. The van der Waals surface area contributed by atoms with Crippen LogP contribution in [0.5, 0.6) is 0 Å². The molecule has 0 saturated carbocycles. The number of benzene rings is 2. The summed E-state index contributed by atoms with van der Waals surface area (Å²) in [5.41, 5.74) is 1.11. The molecule has 0 unspecified atom stereocenters. The Kier molecular flexibility index (Phi) is 5.57. The lowest BCUT2D eigenvalue weighted by molar-refractivity contribution is 0.0961. The van der Waals surface area contributed by atoms with Crippen molar-refractivity contribution in [2.75, 3.05) is 25.5 Å². The Balaban J connectivity index is 1.81. The minimum atomic E-state index is -3.59. The molecule has 1 saturated heterocycles. The minimum Gasteiger partial charge on any atom is -0.355 e. The first-order chi connectivity index (χ1) is 12.9. The Labute approximate surface area is 158 Å². The Hall–Kier alpha value is -2.71. The number of carbonyl (C=O) groups is 2. The molecule has 142 valence electrons. The number of nitrogens with zero attached hydrogens (tertiary/aromatic N) is 1. The average molecular weight is 387 g/mol. The molecule has 0 bridgehead atoms. The van der Waals surface area contributed by atoms with Crippen LogP contribution in [0.1, 0.15) is 33.6 Å². The van der Waals surface area contributed by atoms with Crippen molar-refractivity contribution >= 4 is 27.5 Å². The Morgan fingerprint density at radius 2 is 1.56 bits per heavy atom. The van der Waals surface area contributed by atoms with Crippen LogP contribution in [0.4, 0.5) is 5.69 Å². The Bertz CT molecular complexity index is 966. The molecular formula is C19H21N3O4S. The fourth-order valence-corrected chi connectivity index (χ4v) is 4.52. The first-order valence-electron chi connectivity index (χ1n) is 8.65. The fraction of sp³-hybridized carbons (Fsp3) is 0.263. The number of carbonyl (C=O) groups excluding carboxylic acids is 2. The predicted octanol–water partition coefficient (Wildman–Crippen LogP) is 2.08. The molecule has 0 aromatic heterocycles. The highest BCUT2D eigenvalue weighted by Crippen LogP contribution is 2.22. The van der Waals surface area contributed by atoms with Gasteiger partial charge in [-0.3, -0.25) is 9.59 Å². The molecule has 0 atom stereocenters. The van der Waals surface area contributed by atoms with Gasteiger partial charge in [-0.15, -0.1) is 0 Å². The normalized spacial score (nSPS) is 14.7. The van der Waals surface area contributed by atoms with E-state index < -0.39 is 15.9 Å². The molecule has 1 fully saturated rings. The van der Waals surface area contributed by atoms with E-state index in [-0.39, 0.29) is 16.4 Å². The SMILES string of the molecule is CNC(=O)c1cccc(NC(=O)c2cccc(S(=O)(=O)N3CCCC3)c2)c1. The largest absolute Gasteiger partial charge is 0.355 e. The average Bonchev–Trinajstić information content (AvgIpc) is 3.23. The van der Waals surface area contributed by atoms with Crippen molar-refractivity contribution < 1.29 is 18.0 Å². The van der Waals surface area contributed by atoms with Crippen LogP contribution in [0.15, 0.2) is 53.4 Å². The lowest BCUT2D eigenvalue weighted by atomic mass is 10.1. The van der Waals surface area contributed by atoms with E-state index in [0.29, 0.717) is 24.3 Å². The van der Waals surface area contributed by atoms with Crippen molar-refractivity contribution in [2.24, 2.45) is 0 Å². The minimum absolute atomic E-state index is 0.108. The van der Waals surface area contributed by atoms with E-state index in [4.69, 9.17) is 0 Å². The number of amides is 2. The highest BCUT2D eigenvalue weighted by atomic mass is 32.2. The molecule has 2 N–H and O–H groups in total. The predicted molar refractivity (Wildman–Crippen MR) is 102 cm³/mol. The summed E-state index contributed by atoms with van der Waals surface area (Å²) < 4.78 is 26.8. The summed E-state index contributed by atoms with van der Waals surface area (Å²) in [5, 5.41) is 5.22. The van der Waals surface area contributed by atoms with Crippen molar-refractivity contribution in [1.82, 2.24) is 9.62 Å². The molecule has 2 aromatic rings. The van der Waals surface area contributed by atoms with Crippen LogP contribution in [0.25, 0.3) is 0 Å². The van der Waals surface area contributed by atoms with Gasteiger partial charge in [0.1, 0.15) is 0 Å². The number of nitrogens with one attached hydrogen (secondary N) is 2. The first kappa shape index (κ1) is 19.1. The molecule has 3 rings (SSSR count). The lowest BCUT2D eigenvalue weighted by Crippen LogP contribution is -2.28. The number of anilines is 1. The van der Waals surface area contributed by atoms with Crippen LogP contribution in [-0.4, -0.2) is 44.7 Å². The third-order valence-corrected chi connectivity index (χ3v) is 6.30. The maximum absolute atomic E-state index is 12.7. The van der Waals surface area contributed by atoms with Gasteiger partial charge < -0.3 is 10.6 Å². The molecule has 2 aromatic carbocycles. The maximum atomic E-state index is 12.7. The Morgan fingerprint density at radius 1 is 0.926 bits per heavy atom. The molecule has 0 aliphatic carbocycles.